The molecule has 1 saturated heterocycles. The molecule has 196 valence electrons. The molecule has 1 aliphatic heterocycles. The number of imide groups is 1. The van der Waals surface area contributed by atoms with Crippen molar-refractivity contribution in [1.29, 1.82) is 0 Å². The van der Waals surface area contributed by atoms with Gasteiger partial charge in [-0.05, 0) is 101 Å². The summed E-state index contributed by atoms with van der Waals surface area (Å²) in [7, 11) is 0. The molecule has 0 bridgehead atoms. The van der Waals surface area contributed by atoms with Crippen molar-refractivity contribution in [3.05, 3.63) is 91.2 Å². The van der Waals surface area contributed by atoms with Crippen LogP contribution in [0, 0.1) is 6.92 Å². The van der Waals surface area contributed by atoms with Gasteiger partial charge in [0.2, 0.25) is 0 Å². The van der Waals surface area contributed by atoms with Crippen LogP contribution in [0.15, 0.2) is 74.5 Å². The van der Waals surface area contributed by atoms with E-state index >= 15 is 0 Å². The quantitative estimate of drug-likeness (QED) is 0.245. The number of benzene rings is 3. The number of aryl methyl sites for hydroxylation is 1. The fourth-order valence-corrected chi connectivity index (χ4v) is 5.37. The van der Waals surface area contributed by atoms with Crippen molar-refractivity contribution in [3.8, 4) is 11.5 Å². The van der Waals surface area contributed by atoms with Gasteiger partial charge in [-0.15, -0.1) is 0 Å². The Bertz CT molecular complexity index is 1410. The molecule has 0 aromatic heterocycles. The van der Waals surface area contributed by atoms with Gasteiger partial charge in [0.25, 0.3) is 17.1 Å². The third-order valence-electron chi connectivity index (χ3n) is 5.41. The minimum Gasteiger partial charge on any atom is -0.490 e. The number of hydrogen-bond acceptors (Lipinski definition) is 6. The number of halogens is 2. The Morgan fingerprint density at radius 3 is 2.53 bits per heavy atom. The van der Waals surface area contributed by atoms with E-state index in [1.807, 2.05) is 62.4 Å². The van der Waals surface area contributed by atoms with Crippen LogP contribution in [0.5, 0.6) is 11.5 Å². The molecule has 1 N–H and O–H groups in total. The monoisotopic (exact) mass is 658 g/mol. The molecule has 1 heterocycles. The van der Waals surface area contributed by atoms with Crippen LogP contribution < -0.4 is 14.8 Å². The zero-order chi connectivity index (χ0) is 27.2. The summed E-state index contributed by atoms with van der Waals surface area (Å²) in [5.41, 5.74) is 3.22. The molecule has 0 radical (unpaired) electrons. The Labute approximate surface area is 241 Å². The summed E-state index contributed by atoms with van der Waals surface area (Å²) in [5.74, 6) is 0.107. The van der Waals surface area contributed by atoms with E-state index in [-0.39, 0.29) is 30.2 Å². The molecule has 4 rings (SSSR count). The highest BCUT2D eigenvalue weighted by Gasteiger charge is 2.35. The smallest absolute Gasteiger partial charge is 0.293 e. The number of hydrogen-bond donors (Lipinski definition) is 1. The lowest BCUT2D eigenvalue weighted by Gasteiger charge is -2.15. The van der Waals surface area contributed by atoms with Gasteiger partial charge in [-0.1, -0.05) is 40.2 Å². The maximum atomic E-state index is 13.0. The van der Waals surface area contributed by atoms with E-state index in [1.165, 1.54) is 4.90 Å². The molecule has 3 aromatic rings. The van der Waals surface area contributed by atoms with Gasteiger partial charge in [-0.2, -0.15) is 0 Å². The first-order valence-electron chi connectivity index (χ1n) is 11.7. The topological polar surface area (TPSA) is 84.9 Å². The molecule has 1 fully saturated rings. The summed E-state index contributed by atoms with van der Waals surface area (Å²) < 4.78 is 13.0. The summed E-state index contributed by atoms with van der Waals surface area (Å²) in [6.45, 7) is 4.12. The second kappa shape index (κ2) is 12.6. The highest BCUT2D eigenvalue weighted by molar-refractivity contribution is 9.10. The van der Waals surface area contributed by atoms with E-state index in [9.17, 15) is 14.4 Å². The summed E-state index contributed by atoms with van der Waals surface area (Å²) >= 11 is 7.77. The zero-order valence-electron chi connectivity index (χ0n) is 20.6. The van der Waals surface area contributed by atoms with Crippen molar-refractivity contribution >= 4 is 72.4 Å². The first-order chi connectivity index (χ1) is 18.2. The van der Waals surface area contributed by atoms with E-state index in [1.54, 1.807) is 18.2 Å². The highest BCUT2D eigenvalue weighted by atomic mass is 79.9. The van der Waals surface area contributed by atoms with E-state index in [0.717, 1.165) is 27.4 Å². The number of ether oxygens (including phenoxy) is 2. The maximum Gasteiger partial charge on any atom is 0.293 e. The molecule has 3 aromatic carbocycles. The second-order valence-corrected chi connectivity index (χ2v) is 11.1. The number of nitrogens with zero attached hydrogens (tertiary/aromatic N) is 1. The summed E-state index contributed by atoms with van der Waals surface area (Å²) in [4.78, 5) is 39.5. The SMILES string of the molecule is CCOc1cc(/C=C2\SC(=O)N(Cc3ccc(Br)cc3)C2=O)cc(Br)c1OCC(=O)Nc1cccc(C)c1. The fourth-order valence-electron chi connectivity index (χ4n) is 3.69. The van der Waals surface area contributed by atoms with Crippen molar-refractivity contribution < 1.29 is 23.9 Å². The fraction of sp³-hybridized carbons (Fsp3) is 0.179. The highest BCUT2D eigenvalue weighted by Crippen LogP contribution is 2.39. The normalized spacial score (nSPS) is 14.2. The molecule has 0 spiro atoms. The van der Waals surface area contributed by atoms with Gasteiger partial charge >= 0.3 is 0 Å². The molecular formula is C28H24Br2N2O5S. The Balaban J connectivity index is 1.48. The molecule has 7 nitrogen and oxygen atoms in total. The van der Waals surface area contributed by atoms with Gasteiger partial charge < -0.3 is 14.8 Å². The number of carbonyl (C=O) groups is 3. The van der Waals surface area contributed by atoms with Gasteiger partial charge in [0.05, 0.1) is 22.5 Å². The Morgan fingerprint density at radius 1 is 1.05 bits per heavy atom. The van der Waals surface area contributed by atoms with Crippen LogP contribution in [0.4, 0.5) is 10.5 Å². The van der Waals surface area contributed by atoms with Crippen LogP contribution in [0.3, 0.4) is 0 Å². The number of thioether (sulfide) groups is 1. The van der Waals surface area contributed by atoms with Gasteiger partial charge in [-0.3, -0.25) is 19.3 Å². The van der Waals surface area contributed by atoms with Crippen LogP contribution in [-0.2, 0) is 16.1 Å². The molecule has 10 heteroatoms. The lowest BCUT2D eigenvalue weighted by Crippen LogP contribution is -2.27. The average molecular weight is 660 g/mol. The van der Waals surface area contributed by atoms with Crippen LogP contribution >= 0.6 is 43.6 Å². The molecule has 0 unspecified atom stereocenters. The first kappa shape index (κ1) is 27.9. The number of rotatable bonds is 9. The van der Waals surface area contributed by atoms with E-state index in [4.69, 9.17) is 9.47 Å². The molecule has 0 atom stereocenters. The number of amides is 3. The Hall–Kier alpha value is -3.08. The second-order valence-electron chi connectivity index (χ2n) is 8.36. The van der Waals surface area contributed by atoms with E-state index in [2.05, 4.69) is 37.2 Å². The summed E-state index contributed by atoms with van der Waals surface area (Å²) in [6.07, 6.45) is 1.65. The van der Waals surface area contributed by atoms with Crippen molar-refractivity contribution in [2.24, 2.45) is 0 Å². The molecule has 1 aliphatic rings. The van der Waals surface area contributed by atoms with Gasteiger partial charge in [0.1, 0.15) is 0 Å². The van der Waals surface area contributed by atoms with Crippen LogP contribution in [0.2, 0.25) is 0 Å². The predicted octanol–water partition coefficient (Wildman–Crippen LogP) is 7.17. The van der Waals surface area contributed by atoms with Crippen LogP contribution in [0.1, 0.15) is 23.6 Å². The number of nitrogens with one attached hydrogen (secondary N) is 1. The Morgan fingerprint density at radius 2 is 1.82 bits per heavy atom. The minimum absolute atomic E-state index is 0.195. The summed E-state index contributed by atoms with van der Waals surface area (Å²) in [6, 6.07) is 18.4. The van der Waals surface area contributed by atoms with E-state index in [0.29, 0.717) is 38.7 Å². The van der Waals surface area contributed by atoms with Crippen LogP contribution in [-0.4, -0.2) is 35.2 Å². The van der Waals surface area contributed by atoms with Crippen LogP contribution in [0.25, 0.3) is 6.08 Å². The van der Waals surface area contributed by atoms with Crippen molar-refractivity contribution in [1.82, 2.24) is 4.90 Å². The third-order valence-corrected chi connectivity index (χ3v) is 7.43. The summed E-state index contributed by atoms with van der Waals surface area (Å²) in [5, 5.41) is 2.48. The lowest BCUT2D eigenvalue weighted by molar-refractivity contribution is -0.123. The van der Waals surface area contributed by atoms with Crippen molar-refractivity contribution in [2.45, 2.75) is 20.4 Å². The van der Waals surface area contributed by atoms with Gasteiger partial charge in [0.15, 0.2) is 18.1 Å². The molecule has 38 heavy (non-hydrogen) atoms. The maximum absolute atomic E-state index is 13.0. The van der Waals surface area contributed by atoms with Gasteiger partial charge in [0, 0.05) is 10.2 Å². The molecule has 0 saturated carbocycles. The van der Waals surface area contributed by atoms with Crippen molar-refractivity contribution in [3.63, 3.8) is 0 Å². The lowest BCUT2D eigenvalue weighted by atomic mass is 10.1. The van der Waals surface area contributed by atoms with Gasteiger partial charge in [-0.25, -0.2) is 0 Å². The third kappa shape index (κ3) is 7.06. The van der Waals surface area contributed by atoms with Crippen molar-refractivity contribution in [2.75, 3.05) is 18.5 Å². The number of anilines is 1. The minimum atomic E-state index is -0.356. The zero-order valence-corrected chi connectivity index (χ0v) is 24.6. The molecule has 3 amide bonds. The first-order valence-corrected chi connectivity index (χ1v) is 14.1. The average Bonchev–Trinajstić information content (AvgIpc) is 3.12. The number of carbonyl (C=O) groups excluding carboxylic acids is 3. The standard InChI is InChI=1S/C28H24Br2N2O5S/c1-3-36-23-13-19(12-22(30)26(23)37-16-25(33)31-21-6-4-5-17(2)11-21)14-24-27(34)32(28(35)38-24)15-18-7-9-20(29)10-8-18/h4-14H,3,15-16H2,1-2H3,(H,31,33)/b24-14-. The Kier molecular flexibility index (Phi) is 9.30. The molecular weight excluding hydrogens is 636 g/mol. The largest absolute Gasteiger partial charge is 0.490 e. The van der Waals surface area contributed by atoms with E-state index < -0.39 is 0 Å². The predicted molar refractivity (Wildman–Crippen MR) is 156 cm³/mol. The molecule has 0 aliphatic carbocycles.